The number of aryl methyl sites for hydroxylation is 1. The summed E-state index contributed by atoms with van der Waals surface area (Å²) in [5.41, 5.74) is 1.82. The van der Waals surface area contributed by atoms with E-state index < -0.39 is 21.3 Å². The minimum absolute atomic E-state index is 0.216. The van der Waals surface area contributed by atoms with Crippen molar-refractivity contribution in [2.45, 2.75) is 13.3 Å². The van der Waals surface area contributed by atoms with Crippen molar-refractivity contribution in [2.24, 2.45) is 0 Å². The molecule has 1 heterocycles. The van der Waals surface area contributed by atoms with Crippen LogP contribution in [0.4, 0.5) is 0 Å². The number of benzene rings is 2. The van der Waals surface area contributed by atoms with Crippen LogP contribution in [0.3, 0.4) is 0 Å². The number of H-pyrrole nitrogens is 1. The molecule has 0 bridgehead atoms. The topological polar surface area (TPSA) is 101 Å². The third-order valence-electron chi connectivity index (χ3n) is 3.86. The van der Waals surface area contributed by atoms with Crippen LogP contribution in [0.15, 0.2) is 52.1 Å². The number of aromatic amines is 1. The summed E-state index contributed by atoms with van der Waals surface area (Å²) < 4.78 is 23.1. The normalized spacial score (nSPS) is 11.6. The van der Waals surface area contributed by atoms with Crippen molar-refractivity contribution in [2.75, 3.05) is 11.1 Å². The Bertz CT molecular complexity index is 1180. The van der Waals surface area contributed by atoms with Gasteiger partial charge < -0.3 is 4.98 Å². The number of aromatic nitrogens is 2. The molecular formula is C17H17N3O4S. The van der Waals surface area contributed by atoms with Crippen LogP contribution in [0.2, 0.25) is 0 Å². The first kappa shape index (κ1) is 17.0. The second-order valence-corrected chi connectivity index (χ2v) is 7.43. The lowest BCUT2D eigenvalue weighted by Crippen LogP contribution is -2.43. The highest BCUT2D eigenvalue weighted by atomic mass is 32.2. The molecule has 0 fully saturated rings. The lowest BCUT2D eigenvalue weighted by molar-refractivity contribution is 0.598. The molecule has 130 valence electrons. The standard InChI is InChI=1S/C17H17N3O4S/c1-3-11-6-4-5-7-13(11)12-8-9-14-15(10-12)18-17(22)20(16(14)21)19-25(2,23)24/h4-10,19H,3H2,1-2H3,(H,18,22). The molecule has 25 heavy (non-hydrogen) atoms. The predicted molar refractivity (Wildman–Crippen MR) is 97.8 cm³/mol. The summed E-state index contributed by atoms with van der Waals surface area (Å²) in [4.78, 5) is 29.0. The van der Waals surface area contributed by atoms with Crippen molar-refractivity contribution in [3.63, 3.8) is 0 Å². The minimum atomic E-state index is -3.76. The van der Waals surface area contributed by atoms with Gasteiger partial charge in [0.25, 0.3) is 5.56 Å². The van der Waals surface area contributed by atoms with Gasteiger partial charge in [0.1, 0.15) is 0 Å². The number of hydrogen-bond acceptors (Lipinski definition) is 4. The number of fused-ring (bicyclic) bond motifs is 1. The van der Waals surface area contributed by atoms with Crippen LogP contribution in [0.25, 0.3) is 22.0 Å². The second-order valence-electron chi connectivity index (χ2n) is 5.71. The molecule has 3 aromatic rings. The molecule has 0 atom stereocenters. The predicted octanol–water partition coefficient (Wildman–Crippen LogP) is 1.42. The number of hydrogen-bond donors (Lipinski definition) is 2. The Morgan fingerprint density at radius 3 is 2.52 bits per heavy atom. The maximum atomic E-state index is 12.4. The molecule has 2 N–H and O–H groups in total. The number of sulfonamides is 1. The summed E-state index contributed by atoms with van der Waals surface area (Å²) in [6, 6.07) is 13.0. The molecule has 0 spiro atoms. The Hall–Kier alpha value is -2.87. The number of nitrogens with zero attached hydrogens (tertiary/aromatic N) is 1. The van der Waals surface area contributed by atoms with Crippen molar-refractivity contribution in [3.8, 4) is 11.1 Å². The number of nitrogens with one attached hydrogen (secondary N) is 2. The van der Waals surface area contributed by atoms with Crippen LogP contribution < -0.4 is 16.1 Å². The average Bonchev–Trinajstić information content (AvgIpc) is 2.57. The van der Waals surface area contributed by atoms with Gasteiger partial charge in [-0.3, -0.25) is 4.79 Å². The van der Waals surface area contributed by atoms with Gasteiger partial charge in [0.2, 0.25) is 10.0 Å². The first-order valence-corrected chi connectivity index (χ1v) is 9.54. The third-order valence-corrected chi connectivity index (χ3v) is 4.38. The maximum absolute atomic E-state index is 12.4. The van der Waals surface area contributed by atoms with Gasteiger partial charge in [0.05, 0.1) is 17.2 Å². The van der Waals surface area contributed by atoms with Crippen LogP contribution >= 0.6 is 0 Å². The first-order valence-electron chi connectivity index (χ1n) is 7.65. The quantitative estimate of drug-likeness (QED) is 0.736. The van der Waals surface area contributed by atoms with Crippen LogP contribution in [0.1, 0.15) is 12.5 Å². The van der Waals surface area contributed by atoms with E-state index in [-0.39, 0.29) is 5.39 Å². The van der Waals surface area contributed by atoms with Gasteiger partial charge in [0.15, 0.2) is 0 Å². The molecule has 7 nitrogen and oxygen atoms in total. The molecule has 0 saturated carbocycles. The molecule has 0 aliphatic carbocycles. The zero-order valence-electron chi connectivity index (χ0n) is 13.7. The molecule has 0 unspecified atom stereocenters. The number of rotatable bonds is 4. The molecule has 1 aromatic heterocycles. The van der Waals surface area contributed by atoms with Gasteiger partial charge >= 0.3 is 5.69 Å². The Kier molecular flexibility index (Phi) is 4.22. The monoisotopic (exact) mass is 359 g/mol. The van der Waals surface area contributed by atoms with Gasteiger partial charge in [-0.25, -0.2) is 18.0 Å². The lowest BCUT2D eigenvalue weighted by Gasteiger charge is -2.10. The Morgan fingerprint density at radius 1 is 1.12 bits per heavy atom. The zero-order valence-corrected chi connectivity index (χ0v) is 14.6. The average molecular weight is 359 g/mol. The molecule has 0 amide bonds. The fourth-order valence-corrected chi connectivity index (χ4v) is 3.24. The fraction of sp³-hybridized carbons (Fsp3) is 0.176. The molecule has 0 aliphatic heterocycles. The van der Waals surface area contributed by atoms with E-state index in [0.29, 0.717) is 10.2 Å². The van der Waals surface area contributed by atoms with Crippen LogP contribution in [0, 0.1) is 0 Å². The molecule has 0 saturated heterocycles. The lowest BCUT2D eigenvalue weighted by atomic mass is 9.97. The van der Waals surface area contributed by atoms with E-state index in [1.807, 2.05) is 29.1 Å². The Balaban J connectivity index is 2.22. The molecule has 2 aromatic carbocycles. The van der Waals surface area contributed by atoms with Crippen molar-refractivity contribution in [1.29, 1.82) is 0 Å². The van der Waals surface area contributed by atoms with Crippen molar-refractivity contribution in [3.05, 3.63) is 68.9 Å². The van der Waals surface area contributed by atoms with E-state index in [9.17, 15) is 18.0 Å². The van der Waals surface area contributed by atoms with Crippen LogP contribution in [0.5, 0.6) is 0 Å². The van der Waals surface area contributed by atoms with Gasteiger partial charge in [-0.1, -0.05) is 37.3 Å². The SMILES string of the molecule is CCc1ccccc1-c1ccc2c(=O)n(NS(C)(=O)=O)c(=O)[nH]c2c1. The van der Waals surface area contributed by atoms with E-state index in [1.54, 1.807) is 18.2 Å². The smallest absolute Gasteiger partial charge is 0.305 e. The maximum Gasteiger partial charge on any atom is 0.348 e. The Labute approximate surface area is 144 Å². The Morgan fingerprint density at radius 2 is 1.84 bits per heavy atom. The molecular weight excluding hydrogens is 342 g/mol. The highest BCUT2D eigenvalue weighted by Crippen LogP contribution is 2.25. The van der Waals surface area contributed by atoms with Crippen LogP contribution in [-0.4, -0.2) is 24.3 Å². The summed E-state index contributed by atoms with van der Waals surface area (Å²) >= 11 is 0. The summed E-state index contributed by atoms with van der Waals surface area (Å²) in [5, 5.41) is 0.216. The van der Waals surface area contributed by atoms with Gasteiger partial charge in [-0.15, -0.1) is 0 Å². The van der Waals surface area contributed by atoms with E-state index in [0.717, 1.165) is 29.4 Å². The molecule has 0 radical (unpaired) electrons. The van der Waals surface area contributed by atoms with E-state index >= 15 is 0 Å². The summed E-state index contributed by atoms with van der Waals surface area (Å²) in [6.45, 7) is 2.05. The van der Waals surface area contributed by atoms with Gasteiger partial charge in [-0.2, -0.15) is 4.68 Å². The van der Waals surface area contributed by atoms with Crippen LogP contribution in [-0.2, 0) is 16.4 Å². The molecule has 0 aliphatic rings. The highest BCUT2D eigenvalue weighted by molar-refractivity contribution is 7.91. The largest absolute Gasteiger partial charge is 0.348 e. The van der Waals surface area contributed by atoms with Crippen molar-refractivity contribution < 1.29 is 8.42 Å². The van der Waals surface area contributed by atoms with Gasteiger partial charge in [0, 0.05) is 0 Å². The van der Waals surface area contributed by atoms with E-state index in [4.69, 9.17) is 0 Å². The summed E-state index contributed by atoms with van der Waals surface area (Å²) in [7, 11) is -3.76. The highest BCUT2D eigenvalue weighted by Gasteiger charge is 2.12. The molecule has 3 rings (SSSR count). The van der Waals surface area contributed by atoms with Gasteiger partial charge in [-0.05, 0) is 35.2 Å². The third kappa shape index (κ3) is 3.34. The minimum Gasteiger partial charge on any atom is -0.305 e. The molecule has 8 heteroatoms. The summed E-state index contributed by atoms with van der Waals surface area (Å²) in [5.74, 6) is 0. The zero-order chi connectivity index (χ0) is 18.2. The summed E-state index contributed by atoms with van der Waals surface area (Å²) in [6.07, 6.45) is 1.72. The van der Waals surface area contributed by atoms with Crippen molar-refractivity contribution >= 4 is 20.9 Å². The second kappa shape index (κ2) is 6.21. The first-order chi connectivity index (χ1) is 11.8. The van der Waals surface area contributed by atoms with E-state index in [2.05, 4.69) is 11.9 Å². The van der Waals surface area contributed by atoms with E-state index in [1.165, 1.54) is 0 Å². The fourth-order valence-electron chi connectivity index (χ4n) is 2.74. The van der Waals surface area contributed by atoms with Crippen molar-refractivity contribution in [1.82, 2.24) is 9.66 Å².